The Labute approximate surface area is 99.6 Å². The number of benzene rings is 1. The summed E-state index contributed by atoms with van der Waals surface area (Å²) < 4.78 is 0. The van der Waals surface area contributed by atoms with Gasteiger partial charge in [0.2, 0.25) is 0 Å². The van der Waals surface area contributed by atoms with Gasteiger partial charge in [-0.2, -0.15) is 0 Å². The molecule has 1 aliphatic rings. The highest BCUT2D eigenvalue weighted by Crippen LogP contribution is 2.22. The summed E-state index contributed by atoms with van der Waals surface area (Å²) in [5.74, 6) is 0. The largest absolute Gasteiger partial charge is 0.353 e. The van der Waals surface area contributed by atoms with Gasteiger partial charge >= 0.3 is 0 Å². The molecule has 0 fully saturated rings. The number of aromatic nitrogens is 1. The second-order valence-electron chi connectivity index (χ2n) is 3.77. The SMILES string of the molecule is C1=NC=C(c2cccnc2)Nc2ccccc21. The van der Waals surface area contributed by atoms with Crippen molar-refractivity contribution >= 4 is 17.6 Å². The van der Waals surface area contributed by atoms with Crippen LogP contribution in [0.1, 0.15) is 11.1 Å². The molecule has 1 aromatic heterocycles. The number of fused-ring (bicyclic) bond motifs is 1. The normalized spacial score (nSPS) is 13.3. The maximum absolute atomic E-state index is 4.29. The van der Waals surface area contributed by atoms with Crippen LogP contribution >= 0.6 is 0 Å². The first kappa shape index (κ1) is 9.78. The highest BCUT2D eigenvalue weighted by Gasteiger charge is 2.07. The average Bonchev–Trinajstić information content (AvgIpc) is 2.62. The van der Waals surface area contributed by atoms with Crippen molar-refractivity contribution in [3.63, 3.8) is 0 Å². The monoisotopic (exact) mass is 221 g/mol. The van der Waals surface area contributed by atoms with Crippen molar-refractivity contribution < 1.29 is 0 Å². The van der Waals surface area contributed by atoms with Gasteiger partial charge in [0.1, 0.15) is 0 Å². The number of pyridine rings is 1. The van der Waals surface area contributed by atoms with E-state index in [0.29, 0.717) is 0 Å². The number of hydrogen-bond donors (Lipinski definition) is 1. The van der Waals surface area contributed by atoms with Crippen molar-refractivity contribution in [3.05, 3.63) is 66.1 Å². The average molecular weight is 221 g/mol. The van der Waals surface area contributed by atoms with Crippen LogP contribution in [-0.4, -0.2) is 11.2 Å². The van der Waals surface area contributed by atoms with Crippen LogP contribution in [0.5, 0.6) is 0 Å². The maximum Gasteiger partial charge on any atom is 0.0659 e. The molecule has 82 valence electrons. The molecule has 1 aliphatic heterocycles. The van der Waals surface area contributed by atoms with Crippen LogP contribution < -0.4 is 5.32 Å². The smallest absolute Gasteiger partial charge is 0.0659 e. The molecule has 2 heterocycles. The molecule has 0 aliphatic carbocycles. The fourth-order valence-corrected chi connectivity index (χ4v) is 1.76. The maximum atomic E-state index is 4.29. The van der Waals surface area contributed by atoms with E-state index in [1.54, 1.807) is 6.20 Å². The Morgan fingerprint density at radius 1 is 1.00 bits per heavy atom. The van der Waals surface area contributed by atoms with Crippen LogP contribution in [0.3, 0.4) is 0 Å². The molecule has 0 amide bonds. The van der Waals surface area contributed by atoms with Gasteiger partial charge in [-0.05, 0) is 18.2 Å². The van der Waals surface area contributed by atoms with Crippen molar-refractivity contribution in [1.29, 1.82) is 0 Å². The number of rotatable bonds is 1. The molecule has 2 aromatic rings. The zero-order valence-electron chi connectivity index (χ0n) is 9.17. The van der Waals surface area contributed by atoms with Crippen LogP contribution in [0.4, 0.5) is 5.69 Å². The summed E-state index contributed by atoms with van der Waals surface area (Å²) in [6, 6.07) is 12.0. The Morgan fingerprint density at radius 3 is 2.82 bits per heavy atom. The predicted octanol–water partition coefficient (Wildman–Crippen LogP) is 2.92. The van der Waals surface area contributed by atoms with Crippen molar-refractivity contribution in [2.75, 3.05) is 5.32 Å². The summed E-state index contributed by atoms with van der Waals surface area (Å²) in [6.45, 7) is 0. The van der Waals surface area contributed by atoms with Crippen LogP contribution in [0.15, 0.2) is 60.0 Å². The minimum atomic E-state index is 0.958. The number of nitrogens with one attached hydrogen (secondary N) is 1. The molecule has 0 unspecified atom stereocenters. The molecular weight excluding hydrogens is 210 g/mol. The van der Waals surface area contributed by atoms with Crippen LogP contribution in [-0.2, 0) is 0 Å². The second-order valence-corrected chi connectivity index (χ2v) is 3.77. The molecule has 3 rings (SSSR count). The van der Waals surface area contributed by atoms with E-state index in [1.165, 1.54) is 0 Å². The lowest BCUT2D eigenvalue weighted by Crippen LogP contribution is -1.99. The Hall–Kier alpha value is -2.42. The number of nitrogens with zero attached hydrogens (tertiary/aromatic N) is 2. The molecule has 0 spiro atoms. The van der Waals surface area contributed by atoms with Gasteiger partial charge in [-0.25, -0.2) is 0 Å². The van der Waals surface area contributed by atoms with Gasteiger partial charge in [0.15, 0.2) is 0 Å². The first-order chi connectivity index (χ1) is 8.43. The fraction of sp³-hybridized carbons (Fsp3) is 0. The lowest BCUT2D eigenvalue weighted by molar-refractivity contribution is 1.30. The van der Waals surface area contributed by atoms with Crippen LogP contribution in [0.2, 0.25) is 0 Å². The van der Waals surface area contributed by atoms with E-state index in [1.807, 2.05) is 55.0 Å². The molecule has 3 heteroatoms. The van der Waals surface area contributed by atoms with Crippen molar-refractivity contribution in [1.82, 2.24) is 4.98 Å². The molecule has 0 atom stereocenters. The number of para-hydroxylation sites is 1. The van der Waals surface area contributed by atoms with Gasteiger partial charge in [0, 0.05) is 35.4 Å². The zero-order chi connectivity index (χ0) is 11.5. The Morgan fingerprint density at radius 2 is 1.94 bits per heavy atom. The lowest BCUT2D eigenvalue weighted by Gasteiger charge is -2.10. The highest BCUT2D eigenvalue weighted by atomic mass is 14.9. The van der Waals surface area contributed by atoms with Gasteiger partial charge in [-0.1, -0.05) is 18.2 Å². The standard InChI is InChI=1S/C14H11N3/c1-2-6-13-11(4-1)9-16-10-14(17-13)12-5-3-7-15-8-12/h1-10,17H. The quantitative estimate of drug-likeness (QED) is 0.803. The van der Waals surface area contributed by atoms with E-state index < -0.39 is 0 Å². The third kappa shape index (κ3) is 1.95. The second kappa shape index (κ2) is 4.22. The first-order valence-electron chi connectivity index (χ1n) is 5.43. The van der Waals surface area contributed by atoms with Crippen molar-refractivity contribution in [2.45, 2.75) is 0 Å². The molecule has 0 saturated heterocycles. The third-order valence-corrected chi connectivity index (χ3v) is 2.62. The van der Waals surface area contributed by atoms with Gasteiger partial charge in [-0.3, -0.25) is 9.98 Å². The topological polar surface area (TPSA) is 37.3 Å². The van der Waals surface area contributed by atoms with Crippen molar-refractivity contribution in [3.8, 4) is 0 Å². The molecule has 0 saturated carbocycles. The van der Waals surface area contributed by atoms with E-state index in [0.717, 1.165) is 22.5 Å². The fourth-order valence-electron chi connectivity index (χ4n) is 1.76. The van der Waals surface area contributed by atoms with Crippen LogP contribution in [0, 0.1) is 0 Å². The summed E-state index contributed by atoms with van der Waals surface area (Å²) in [5.41, 5.74) is 4.13. The first-order valence-corrected chi connectivity index (χ1v) is 5.43. The molecule has 17 heavy (non-hydrogen) atoms. The minimum Gasteiger partial charge on any atom is -0.353 e. The molecule has 0 bridgehead atoms. The predicted molar refractivity (Wildman–Crippen MR) is 69.9 cm³/mol. The lowest BCUT2D eigenvalue weighted by atomic mass is 10.1. The summed E-state index contributed by atoms with van der Waals surface area (Å²) in [6.07, 6.45) is 7.25. The van der Waals surface area contributed by atoms with Gasteiger partial charge in [-0.15, -0.1) is 0 Å². The van der Waals surface area contributed by atoms with E-state index in [-0.39, 0.29) is 0 Å². The van der Waals surface area contributed by atoms with Crippen molar-refractivity contribution in [2.24, 2.45) is 4.99 Å². The van der Waals surface area contributed by atoms with Crippen LogP contribution in [0.25, 0.3) is 5.70 Å². The Balaban J connectivity index is 2.02. The minimum absolute atomic E-state index is 0.958. The number of anilines is 1. The highest BCUT2D eigenvalue weighted by molar-refractivity contribution is 5.93. The van der Waals surface area contributed by atoms with Gasteiger partial charge < -0.3 is 5.32 Å². The number of hydrogen-bond acceptors (Lipinski definition) is 3. The molecular formula is C14H11N3. The molecule has 3 nitrogen and oxygen atoms in total. The summed E-state index contributed by atoms with van der Waals surface area (Å²) in [7, 11) is 0. The molecule has 1 N–H and O–H groups in total. The molecule has 1 aromatic carbocycles. The van der Waals surface area contributed by atoms with E-state index in [4.69, 9.17) is 0 Å². The Bertz CT molecular complexity index is 585. The van der Waals surface area contributed by atoms with E-state index in [2.05, 4.69) is 15.3 Å². The summed E-state index contributed by atoms with van der Waals surface area (Å²) >= 11 is 0. The van der Waals surface area contributed by atoms with Gasteiger partial charge in [0.05, 0.1) is 11.9 Å². The third-order valence-electron chi connectivity index (χ3n) is 2.62. The molecule has 0 radical (unpaired) electrons. The van der Waals surface area contributed by atoms with E-state index in [9.17, 15) is 0 Å². The van der Waals surface area contributed by atoms with Gasteiger partial charge in [0.25, 0.3) is 0 Å². The zero-order valence-corrected chi connectivity index (χ0v) is 9.17. The summed E-state index contributed by atoms with van der Waals surface area (Å²) in [4.78, 5) is 8.41. The van der Waals surface area contributed by atoms with E-state index >= 15 is 0 Å². The number of aliphatic imine (C=N–C) groups is 1. The Kier molecular flexibility index (Phi) is 2.43. The summed E-state index contributed by atoms with van der Waals surface area (Å²) in [5, 5.41) is 3.37.